The van der Waals surface area contributed by atoms with Crippen molar-refractivity contribution in [3.63, 3.8) is 0 Å². The Labute approximate surface area is 101 Å². The average molecular weight is 256 g/mol. The molecular formula is C12H13FO3S. The molecule has 17 heavy (non-hydrogen) atoms. The van der Waals surface area contributed by atoms with Crippen LogP contribution in [0.2, 0.25) is 0 Å². The standard InChI is InChI=1S/C12H13FO3S/c1-17(16)8-11(14)4-2-3-9-7-10(13)5-6-12(9)15/h5-8,15H,1-4H2. The molecule has 0 radical (unpaired) electrons. The molecule has 0 aliphatic rings. The van der Waals surface area contributed by atoms with Crippen LogP contribution < -0.4 is 0 Å². The second kappa shape index (κ2) is 6.20. The van der Waals surface area contributed by atoms with Crippen LogP contribution in [0.4, 0.5) is 4.39 Å². The molecule has 0 saturated carbocycles. The molecule has 0 unspecified atom stereocenters. The van der Waals surface area contributed by atoms with Gasteiger partial charge in [-0.15, -0.1) is 0 Å². The van der Waals surface area contributed by atoms with Crippen LogP contribution in [0.15, 0.2) is 18.2 Å². The Hall–Kier alpha value is -1.62. The Balaban J connectivity index is 2.54. The number of ketones is 1. The fourth-order valence-electron chi connectivity index (χ4n) is 1.41. The second-order valence-electron chi connectivity index (χ2n) is 3.59. The molecule has 1 rings (SSSR count). The lowest BCUT2D eigenvalue weighted by molar-refractivity contribution is -0.112. The first kappa shape index (κ1) is 13.4. The average Bonchev–Trinajstić information content (AvgIpc) is 2.22. The molecule has 0 bridgehead atoms. The lowest BCUT2D eigenvalue weighted by atomic mass is 10.1. The number of aromatic hydroxyl groups is 1. The van der Waals surface area contributed by atoms with E-state index < -0.39 is 15.8 Å². The third-order valence-corrected chi connectivity index (χ3v) is 2.70. The molecule has 0 amide bonds. The predicted molar refractivity (Wildman–Crippen MR) is 67.3 cm³/mol. The predicted octanol–water partition coefficient (Wildman–Crippen LogP) is 1.41. The summed E-state index contributed by atoms with van der Waals surface area (Å²) in [6.45, 7) is 0. The van der Waals surface area contributed by atoms with E-state index in [-0.39, 0.29) is 18.0 Å². The van der Waals surface area contributed by atoms with Gasteiger partial charge in [-0.05, 0) is 42.5 Å². The van der Waals surface area contributed by atoms with Crippen molar-refractivity contribution >= 4 is 27.0 Å². The first-order chi connectivity index (χ1) is 7.99. The van der Waals surface area contributed by atoms with Crippen molar-refractivity contribution in [3.8, 4) is 5.75 Å². The Morgan fingerprint density at radius 3 is 2.88 bits per heavy atom. The van der Waals surface area contributed by atoms with E-state index in [1.165, 1.54) is 18.2 Å². The Kier molecular flexibility index (Phi) is 4.90. The van der Waals surface area contributed by atoms with E-state index in [9.17, 15) is 18.5 Å². The van der Waals surface area contributed by atoms with Crippen LogP contribution in [0.25, 0.3) is 0 Å². The van der Waals surface area contributed by atoms with Crippen LogP contribution in [-0.2, 0) is 21.2 Å². The number of hydrogen-bond acceptors (Lipinski definition) is 3. The summed E-state index contributed by atoms with van der Waals surface area (Å²) in [6.07, 6.45) is 1.06. The minimum Gasteiger partial charge on any atom is -0.508 e. The van der Waals surface area contributed by atoms with E-state index in [4.69, 9.17) is 0 Å². The van der Waals surface area contributed by atoms with Crippen molar-refractivity contribution in [1.29, 1.82) is 0 Å². The minimum absolute atomic E-state index is 0.0172. The molecule has 1 aromatic carbocycles. The van der Waals surface area contributed by atoms with Gasteiger partial charge >= 0.3 is 0 Å². The lowest BCUT2D eigenvalue weighted by Crippen LogP contribution is -2.00. The first-order valence-electron chi connectivity index (χ1n) is 5.04. The summed E-state index contributed by atoms with van der Waals surface area (Å²) >= 11 is 0. The molecule has 3 nitrogen and oxygen atoms in total. The van der Waals surface area contributed by atoms with Gasteiger partial charge in [-0.2, -0.15) is 0 Å². The number of halogens is 1. The van der Waals surface area contributed by atoms with Crippen LogP contribution >= 0.6 is 0 Å². The summed E-state index contributed by atoms with van der Waals surface area (Å²) in [7, 11) is -1.49. The molecular weight excluding hydrogens is 243 g/mol. The molecule has 0 aliphatic carbocycles. The summed E-state index contributed by atoms with van der Waals surface area (Å²) in [4.78, 5) is 11.2. The quantitative estimate of drug-likeness (QED) is 0.810. The fourth-order valence-corrected chi connectivity index (χ4v) is 1.82. The smallest absolute Gasteiger partial charge is 0.167 e. The zero-order chi connectivity index (χ0) is 12.8. The summed E-state index contributed by atoms with van der Waals surface area (Å²) in [6, 6.07) is 3.69. The molecule has 0 spiro atoms. The van der Waals surface area contributed by atoms with E-state index in [1.807, 2.05) is 0 Å². The highest BCUT2D eigenvalue weighted by molar-refractivity contribution is 7.82. The zero-order valence-corrected chi connectivity index (χ0v) is 10.0. The third kappa shape index (κ3) is 4.82. The van der Waals surface area contributed by atoms with Gasteiger partial charge in [-0.25, -0.2) is 8.60 Å². The van der Waals surface area contributed by atoms with Gasteiger partial charge in [0.15, 0.2) is 5.78 Å². The normalized spacial score (nSPS) is 9.94. The summed E-state index contributed by atoms with van der Waals surface area (Å²) in [5, 5.41) is 10.5. The molecule has 0 atom stereocenters. The number of aryl methyl sites for hydroxylation is 1. The Morgan fingerprint density at radius 1 is 1.53 bits per heavy atom. The van der Waals surface area contributed by atoms with Gasteiger partial charge in [0.2, 0.25) is 0 Å². The fraction of sp³-hybridized carbons (Fsp3) is 0.250. The van der Waals surface area contributed by atoms with Gasteiger partial charge in [0, 0.05) is 16.4 Å². The van der Waals surface area contributed by atoms with Crippen molar-refractivity contribution in [3.05, 3.63) is 29.6 Å². The highest BCUT2D eigenvalue weighted by atomic mass is 32.1. The largest absolute Gasteiger partial charge is 0.508 e. The van der Waals surface area contributed by atoms with E-state index >= 15 is 0 Å². The molecule has 5 heteroatoms. The van der Waals surface area contributed by atoms with Gasteiger partial charge in [-0.1, -0.05) is 0 Å². The molecule has 1 N–H and O–H groups in total. The van der Waals surface area contributed by atoms with Crippen molar-refractivity contribution in [2.45, 2.75) is 19.3 Å². The van der Waals surface area contributed by atoms with Crippen LogP contribution in [-0.4, -0.2) is 26.3 Å². The first-order valence-corrected chi connectivity index (χ1v) is 6.42. The second-order valence-corrected chi connectivity index (χ2v) is 4.59. The number of carbonyl (C=O) groups is 1. The number of benzene rings is 1. The summed E-state index contributed by atoms with van der Waals surface area (Å²) in [5.41, 5.74) is 0.466. The minimum atomic E-state index is -1.49. The van der Waals surface area contributed by atoms with E-state index in [2.05, 4.69) is 5.87 Å². The topological polar surface area (TPSA) is 54.4 Å². The van der Waals surface area contributed by atoms with Crippen LogP contribution in [0.3, 0.4) is 0 Å². The van der Waals surface area contributed by atoms with Crippen LogP contribution in [0.1, 0.15) is 18.4 Å². The van der Waals surface area contributed by atoms with Crippen molar-refractivity contribution < 1.29 is 18.5 Å². The van der Waals surface area contributed by atoms with Crippen LogP contribution in [0.5, 0.6) is 5.75 Å². The molecule has 1 aromatic rings. The molecule has 0 heterocycles. The maximum atomic E-state index is 12.9. The lowest BCUT2D eigenvalue weighted by Gasteiger charge is -2.03. The van der Waals surface area contributed by atoms with E-state index in [0.717, 1.165) is 5.37 Å². The molecule has 0 saturated heterocycles. The highest BCUT2D eigenvalue weighted by Gasteiger charge is 2.04. The maximum Gasteiger partial charge on any atom is 0.167 e. The number of phenols is 1. The van der Waals surface area contributed by atoms with Gasteiger partial charge in [0.1, 0.15) is 11.6 Å². The zero-order valence-electron chi connectivity index (χ0n) is 9.19. The van der Waals surface area contributed by atoms with Gasteiger partial charge < -0.3 is 5.11 Å². The Bertz CT molecular complexity index is 539. The van der Waals surface area contributed by atoms with Gasteiger partial charge in [0.25, 0.3) is 0 Å². The number of rotatable bonds is 5. The third-order valence-electron chi connectivity index (χ3n) is 2.17. The van der Waals surface area contributed by atoms with Crippen molar-refractivity contribution in [2.75, 3.05) is 0 Å². The van der Waals surface area contributed by atoms with Gasteiger partial charge in [-0.3, -0.25) is 4.79 Å². The van der Waals surface area contributed by atoms with Gasteiger partial charge in [0.05, 0.1) is 5.37 Å². The summed E-state index contributed by atoms with van der Waals surface area (Å²) in [5.74, 6) is 2.52. The van der Waals surface area contributed by atoms with E-state index in [0.29, 0.717) is 18.4 Å². The summed E-state index contributed by atoms with van der Waals surface area (Å²) < 4.78 is 23.5. The number of hydrogen-bond donors (Lipinski definition) is 1. The maximum absolute atomic E-state index is 12.9. The molecule has 0 aromatic heterocycles. The number of carbonyl (C=O) groups excluding carboxylic acids is 1. The van der Waals surface area contributed by atoms with E-state index in [1.54, 1.807) is 0 Å². The molecule has 0 aliphatic heterocycles. The Morgan fingerprint density at radius 2 is 2.24 bits per heavy atom. The van der Waals surface area contributed by atoms with Crippen LogP contribution in [0, 0.1) is 5.82 Å². The van der Waals surface area contributed by atoms with Crippen molar-refractivity contribution in [1.82, 2.24) is 0 Å². The SMILES string of the molecule is C=S(=O)=CC(=O)CCCc1cc(F)ccc1O. The number of phenolic OH excluding ortho intramolecular Hbond substituents is 1. The number of Topliss-reactive ketones (excluding diaryl/α,β-unsaturated/α-hetero) is 1. The van der Waals surface area contributed by atoms with Crippen molar-refractivity contribution in [2.24, 2.45) is 0 Å². The highest BCUT2D eigenvalue weighted by Crippen LogP contribution is 2.19. The molecule has 92 valence electrons. The monoisotopic (exact) mass is 256 g/mol. The molecule has 0 fully saturated rings.